The average molecular weight is 432 g/mol. The third-order valence-corrected chi connectivity index (χ3v) is 5.11. The minimum absolute atomic E-state index is 0.144. The van der Waals surface area contributed by atoms with E-state index >= 15 is 0 Å². The lowest BCUT2D eigenvalue weighted by Crippen LogP contribution is -2.26. The van der Waals surface area contributed by atoms with Crippen LogP contribution in [0.5, 0.6) is 17.2 Å². The Morgan fingerprint density at radius 2 is 1.59 bits per heavy atom. The van der Waals surface area contributed by atoms with Gasteiger partial charge in [0.15, 0.2) is 11.5 Å². The van der Waals surface area contributed by atoms with Gasteiger partial charge < -0.3 is 19.3 Å². The first-order valence-electron chi connectivity index (χ1n) is 9.64. The molecule has 32 heavy (non-hydrogen) atoms. The number of pyridine rings is 2. The van der Waals surface area contributed by atoms with E-state index in [0.29, 0.717) is 39.4 Å². The van der Waals surface area contributed by atoms with E-state index in [9.17, 15) is 14.7 Å². The Kier molecular flexibility index (Phi) is 5.51. The number of carboxylic acids is 1. The van der Waals surface area contributed by atoms with E-state index in [-0.39, 0.29) is 11.2 Å². The number of aromatic nitrogens is 2. The first kappa shape index (κ1) is 20.9. The molecule has 0 saturated carbocycles. The number of aromatic carboxylic acids is 1. The zero-order chi connectivity index (χ0) is 22.8. The lowest BCUT2D eigenvalue weighted by Gasteiger charge is -2.19. The van der Waals surface area contributed by atoms with Gasteiger partial charge in [0.25, 0.3) is 5.56 Å². The maximum Gasteiger partial charge on any atom is 0.353 e. The van der Waals surface area contributed by atoms with Gasteiger partial charge in [-0.1, -0.05) is 24.3 Å². The summed E-state index contributed by atoms with van der Waals surface area (Å²) in [6.45, 7) is 0. The SMILES string of the molecule is COc1cc(-c2c(C(=O)O)n(-c3ccccc3)c(=O)c3ncccc23)cc(OC)c1OC. The van der Waals surface area contributed by atoms with Crippen LogP contribution in [0, 0.1) is 0 Å². The second-order valence-corrected chi connectivity index (χ2v) is 6.82. The molecule has 0 atom stereocenters. The molecule has 4 rings (SSSR count). The average Bonchev–Trinajstić information content (AvgIpc) is 2.83. The third-order valence-electron chi connectivity index (χ3n) is 5.11. The molecular weight excluding hydrogens is 412 g/mol. The number of methoxy groups -OCH3 is 3. The number of rotatable bonds is 6. The largest absolute Gasteiger partial charge is 0.493 e. The second-order valence-electron chi connectivity index (χ2n) is 6.82. The maximum absolute atomic E-state index is 13.4. The molecule has 0 fully saturated rings. The summed E-state index contributed by atoms with van der Waals surface area (Å²) in [6.07, 6.45) is 1.50. The first-order chi connectivity index (χ1) is 15.5. The van der Waals surface area contributed by atoms with Crippen LogP contribution in [0.15, 0.2) is 65.6 Å². The van der Waals surface area contributed by atoms with Crippen LogP contribution >= 0.6 is 0 Å². The van der Waals surface area contributed by atoms with E-state index < -0.39 is 11.5 Å². The molecule has 0 radical (unpaired) electrons. The fourth-order valence-electron chi connectivity index (χ4n) is 3.77. The standard InChI is InChI=1S/C24H20N2O6/c1-30-17-12-14(13-18(31-2)22(17)32-3)19-16-10-7-11-25-20(16)23(27)26(21(19)24(28)29)15-8-5-4-6-9-15/h4-13H,1-3H3,(H,28,29). The summed E-state index contributed by atoms with van der Waals surface area (Å²) in [5.41, 5.74) is 0.612. The molecule has 0 saturated heterocycles. The maximum atomic E-state index is 13.4. The molecule has 0 aliphatic heterocycles. The van der Waals surface area contributed by atoms with Crippen molar-refractivity contribution in [1.29, 1.82) is 0 Å². The number of carbonyl (C=O) groups is 1. The van der Waals surface area contributed by atoms with Crippen molar-refractivity contribution in [2.45, 2.75) is 0 Å². The lowest BCUT2D eigenvalue weighted by molar-refractivity contribution is 0.0688. The van der Waals surface area contributed by atoms with E-state index in [4.69, 9.17) is 14.2 Å². The summed E-state index contributed by atoms with van der Waals surface area (Å²) in [5, 5.41) is 10.6. The van der Waals surface area contributed by atoms with Crippen molar-refractivity contribution in [2.24, 2.45) is 0 Å². The number of ether oxygens (including phenoxy) is 3. The van der Waals surface area contributed by atoms with Crippen molar-refractivity contribution in [2.75, 3.05) is 21.3 Å². The quantitative estimate of drug-likeness (QED) is 0.495. The van der Waals surface area contributed by atoms with Crippen LogP contribution in [0.25, 0.3) is 27.7 Å². The zero-order valence-electron chi connectivity index (χ0n) is 17.7. The predicted molar refractivity (Wildman–Crippen MR) is 119 cm³/mol. The van der Waals surface area contributed by atoms with Crippen molar-refractivity contribution in [3.63, 3.8) is 0 Å². The molecule has 0 aliphatic rings. The molecule has 2 aromatic carbocycles. The molecule has 1 N–H and O–H groups in total. The van der Waals surface area contributed by atoms with Gasteiger partial charge in [-0.15, -0.1) is 0 Å². The van der Waals surface area contributed by atoms with Crippen molar-refractivity contribution >= 4 is 16.9 Å². The summed E-state index contributed by atoms with van der Waals surface area (Å²) in [4.78, 5) is 30.2. The van der Waals surface area contributed by atoms with E-state index in [2.05, 4.69) is 4.98 Å². The van der Waals surface area contributed by atoms with Crippen molar-refractivity contribution < 1.29 is 24.1 Å². The number of hydrogen-bond donors (Lipinski definition) is 1. The molecule has 2 aromatic heterocycles. The van der Waals surface area contributed by atoms with Crippen LogP contribution in [-0.4, -0.2) is 42.0 Å². The van der Waals surface area contributed by atoms with Crippen LogP contribution < -0.4 is 19.8 Å². The summed E-state index contributed by atoms with van der Waals surface area (Å²) in [5.74, 6) is -0.185. The molecule has 0 amide bonds. The van der Waals surface area contributed by atoms with Crippen molar-refractivity contribution in [1.82, 2.24) is 9.55 Å². The predicted octanol–water partition coefficient (Wildman–Crippen LogP) is 3.78. The molecule has 0 bridgehead atoms. The van der Waals surface area contributed by atoms with Gasteiger partial charge in [-0.05, 0) is 35.9 Å². The van der Waals surface area contributed by atoms with Crippen molar-refractivity contribution in [3.8, 4) is 34.1 Å². The summed E-state index contributed by atoms with van der Waals surface area (Å²) in [6, 6.07) is 15.2. The van der Waals surface area contributed by atoms with Gasteiger partial charge in [-0.2, -0.15) is 0 Å². The van der Waals surface area contributed by atoms with Gasteiger partial charge in [0.05, 0.1) is 21.3 Å². The Hall–Kier alpha value is -4.33. The van der Waals surface area contributed by atoms with Gasteiger partial charge in [-0.25, -0.2) is 4.79 Å². The fraction of sp³-hybridized carbons (Fsp3) is 0.125. The number of benzene rings is 2. The normalized spacial score (nSPS) is 10.7. The second kappa shape index (κ2) is 8.43. The van der Waals surface area contributed by atoms with Crippen LogP contribution in [0.3, 0.4) is 0 Å². The summed E-state index contributed by atoms with van der Waals surface area (Å²) < 4.78 is 17.5. The van der Waals surface area contributed by atoms with Gasteiger partial charge >= 0.3 is 5.97 Å². The smallest absolute Gasteiger partial charge is 0.353 e. The summed E-state index contributed by atoms with van der Waals surface area (Å²) in [7, 11) is 4.44. The molecule has 0 spiro atoms. The molecule has 8 heteroatoms. The molecule has 0 unspecified atom stereocenters. The highest BCUT2D eigenvalue weighted by Gasteiger charge is 2.26. The van der Waals surface area contributed by atoms with E-state index in [1.807, 2.05) is 0 Å². The zero-order valence-corrected chi connectivity index (χ0v) is 17.7. The number of carboxylic acid groups (broad SMARTS) is 1. The molecule has 2 heterocycles. The van der Waals surface area contributed by atoms with Gasteiger partial charge in [-0.3, -0.25) is 14.3 Å². The highest BCUT2D eigenvalue weighted by atomic mass is 16.5. The first-order valence-corrected chi connectivity index (χ1v) is 9.64. The van der Waals surface area contributed by atoms with Gasteiger partial charge in [0, 0.05) is 22.8 Å². The van der Waals surface area contributed by atoms with Crippen LogP contribution in [0.2, 0.25) is 0 Å². The van der Waals surface area contributed by atoms with E-state index in [0.717, 1.165) is 4.57 Å². The molecule has 4 aromatic rings. The van der Waals surface area contributed by atoms with E-state index in [1.165, 1.54) is 27.5 Å². The molecule has 8 nitrogen and oxygen atoms in total. The lowest BCUT2D eigenvalue weighted by atomic mass is 9.97. The van der Waals surface area contributed by atoms with Crippen LogP contribution in [-0.2, 0) is 0 Å². The Labute approximate surface area is 183 Å². The number of hydrogen-bond acceptors (Lipinski definition) is 6. The van der Waals surface area contributed by atoms with Crippen molar-refractivity contribution in [3.05, 3.63) is 76.8 Å². The highest BCUT2D eigenvalue weighted by molar-refractivity contribution is 6.06. The minimum Gasteiger partial charge on any atom is -0.493 e. The number of fused-ring (bicyclic) bond motifs is 1. The topological polar surface area (TPSA) is 99.9 Å². The number of nitrogens with zero attached hydrogens (tertiary/aromatic N) is 2. The van der Waals surface area contributed by atoms with Crippen LogP contribution in [0.4, 0.5) is 0 Å². The molecule has 0 aliphatic carbocycles. The Bertz CT molecular complexity index is 1350. The minimum atomic E-state index is -1.26. The fourth-order valence-corrected chi connectivity index (χ4v) is 3.77. The molecule has 162 valence electrons. The highest BCUT2D eigenvalue weighted by Crippen LogP contribution is 2.43. The van der Waals surface area contributed by atoms with Gasteiger partial charge in [0.2, 0.25) is 5.75 Å². The summed E-state index contributed by atoms with van der Waals surface area (Å²) >= 11 is 0. The Balaban J connectivity index is 2.22. The monoisotopic (exact) mass is 432 g/mol. The molecular formula is C24H20N2O6. The third kappa shape index (κ3) is 3.31. The van der Waals surface area contributed by atoms with E-state index in [1.54, 1.807) is 54.6 Å². The number of para-hydroxylation sites is 1. The van der Waals surface area contributed by atoms with Gasteiger partial charge in [0.1, 0.15) is 11.2 Å². The van der Waals surface area contributed by atoms with Crippen LogP contribution in [0.1, 0.15) is 10.5 Å². The Morgan fingerprint density at radius 3 is 2.16 bits per heavy atom. The Morgan fingerprint density at radius 1 is 0.938 bits per heavy atom.